The molecule has 0 unspecified atom stereocenters. The van der Waals surface area contributed by atoms with Crippen LogP contribution in [0.3, 0.4) is 0 Å². The van der Waals surface area contributed by atoms with Crippen LogP contribution < -0.4 is 5.73 Å². The largest absolute Gasteiger partial charge is 0.337 e. The molecule has 2 N–H and O–H groups in total. The van der Waals surface area contributed by atoms with Crippen molar-refractivity contribution in [3.05, 3.63) is 21.9 Å². The highest BCUT2D eigenvalue weighted by Gasteiger charge is 2.24. The molecule has 1 aliphatic heterocycles. The fourth-order valence-electron chi connectivity index (χ4n) is 1.85. The Kier molecular flexibility index (Phi) is 3.07. The number of carbonyl (C=O) groups excluding carboxylic acids is 1. The van der Waals surface area contributed by atoms with E-state index in [-0.39, 0.29) is 11.9 Å². The van der Waals surface area contributed by atoms with E-state index in [9.17, 15) is 4.79 Å². The lowest BCUT2D eigenvalue weighted by Gasteiger charge is -2.29. The molecule has 15 heavy (non-hydrogen) atoms. The maximum absolute atomic E-state index is 11.9. The maximum atomic E-state index is 11.9. The van der Waals surface area contributed by atoms with E-state index in [1.807, 2.05) is 11.8 Å². The van der Waals surface area contributed by atoms with Crippen LogP contribution in [0.1, 0.15) is 23.8 Å². The van der Waals surface area contributed by atoms with Crippen LogP contribution in [0.15, 0.2) is 11.4 Å². The van der Waals surface area contributed by atoms with Crippen molar-refractivity contribution in [3.63, 3.8) is 0 Å². The van der Waals surface area contributed by atoms with Gasteiger partial charge in [-0.1, -0.05) is 6.92 Å². The molecule has 0 radical (unpaired) electrons. The third-order valence-corrected chi connectivity index (χ3v) is 3.90. The molecule has 0 fully saturated rings. The quantitative estimate of drug-likeness (QED) is 0.824. The lowest BCUT2D eigenvalue weighted by Crippen LogP contribution is -2.45. The predicted octanol–water partition coefficient (Wildman–Crippen LogP) is 1.37. The van der Waals surface area contributed by atoms with Gasteiger partial charge in [-0.25, -0.2) is 0 Å². The van der Waals surface area contributed by atoms with Gasteiger partial charge in [0.15, 0.2) is 0 Å². The molecule has 2 rings (SSSR count). The van der Waals surface area contributed by atoms with Crippen molar-refractivity contribution in [2.75, 3.05) is 6.54 Å². The number of fused-ring (bicyclic) bond motifs is 1. The molecule has 1 aromatic rings. The summed E-state index contributed by atoms with van der Waals surface area (Å²) in [5.74, 6) is 0.0920. The number of nitrogens with two attached hydrogens (primary N) is 1. The van der Waals surface area contributed by atoms with Crippen molar-refractivity contribution >= 4 is 17.2 Å². The Labute approximate surface area is 93.9 Å². The smallest absolute Gasteiger partial charge is 0.239 e. The highest BCUT2D eigenvalue weighted by Crippen LogP contribution is 2.24. The molecule has 1 atom stereocenters. The van der Waals surface area contributed by atoms with E-state index in [2.05, 4.69) is 11.4 Å². The molecule has 1 aromatic heterocycles. The Morgan fingerprint density at radius 3 is 3.27 bits per heavy atom. The lowest BCUT2D eigenvalue weighted by molar-refractivity contribution is -0.133. The van der Waals surface area contributed by atoms with E-state index in [1.54, 1.807) is 11.3 Å². The van der Waals surface area contributed by atoms with E-state index < -0.39 is 0 Å². The normalized spacial score (nSPS) is 17.3. The number of carbonyl (C=O) groups is 1. The van der Waals surface area contributed by atoms with Crippen LogP contribution in [0.25, 0.3) is 0 Å². The maximum Gasteiger partial charge on any atom is 0.239 e. The van der Waals surface area contributed by atoms with Crippen LogP contribution in [0.4, 0.5) is 0 Å². The van der Waals surface area contributed by atoms with Gasteiger partial charge in [0.25, 0.3) is 0 Å². The summed E-state index contributed by atoms with van der Waals surface area (Å²) in [5.41, 5.74) is 7.05. The molecule has 0 spiro atoms. The van der Waals surface area contributed by atoms with Crippen LogP contribution in [0.5, 0.6) is 0 Å². The Morgan fingerprint density at radius 1 is 1.73 bits per heavy atom. The zero-order chi connectivity index (χ0) is 10.8. The molecule has 0 bridgehead atoms. The molecular formula is C11H16N2OS. The van der Waals surface area contributed by atoms with Crippen molar-refractivity contribution in [3.8, 4) is 0 Å². The van der Waals surface area contributed by atoms with Gasteiger partial charge in [0.05, 0.1) is 6.04 Å². The summed E-state index contributed by atoms with van der Waals surface area (Å²) in [7, 11) is 0. The molecular weight excluding hydrogens is 208 g/mol. The van der Waals surface area contributed by atoms with Gasteiger partial charge >= 0.3 is 0 Å². The Morgan fingerprint density at radius 2 is 2.53 bits per heavy atom. The monoisotopic (exact) mass is 224 g/mol. The van der Waals surface area contributed by atoms with Gasteiger partial charge in [0.1, 0.15) is 0 Å². The molecule has 0 saturated carbocycles. The van der Waals surface area contributed by atoms with Gasteiger partial charge in [0.2, 0.25) is 5.91 Å². The molecule has 0 aromatic carbocycles. The number of hydrogen-bond acceptors (Lipinski definition) is 3. The van der Waals surface area contributed by atoms with E-state index >= 15 is 0 Å². The Balaban J connectivity index is 2.06. The first-order valence-electron chi connectivity index (χ1n) is 5.32. The molecule has 1 amide bonds. The van der Waals surface area contributed by atoms with Gasteiger partial charge in [-0.05, 0) is 29.9 Å². The zero-order valence-electron chi connectivity index (χ0n) is 8.90. The molecule has 1 aliphatic rings. The van der Waals surface area contributed by atoms with Crippen LogP contribution in [-0.2, 0) is 17.8 Å². The number of amides is 1. The van der Waals surface area contributed by atoms with Gasteiger partial charge in [-0.2, -0.15) is 0 Å². The second-order valence-corrected chi connectivity index (χ2v) is 4.89. The number of nitrogens with zero attached hydrogens (tertiary/aromatic N) is 1. The zero-order valence-corrected chi connectivity index (χ0v) is 9.72. The first-order valence-corrected chi connectivity index (χ1v) is 6.20. The van der Waals surface area contributed by atoms with Crippen LogP contribution in [0.2, 0.25) is 0 Å². The summed E-state index contributed by atoms with van der Waals surface area (Å²) in [6.45, 7) is 3.51. The fourth-order valence-corrected chi connectivity index (χ4v) is 2.74. The summed E-state index contributed by atoms with van der Waals surface area (Å²) in [6, 6.07) is 1.78. The summed E-state index contributed by atoms with van der Waals surface area (Å²) in [4.78, 5) is 15.2. The predicted molar refractivity (Wildman–Crippen MR) is 61.7 cm³/mol. The summed E-state index contributed by atoms with van der Waals surface area (Å²) >= 11 is 1.78. The van der Waals surface area contributed by atoms with Crippen LogP contribution in [-0.4, -0.2) is 23.4 Å². The molecule has 0 aliphatic carbocycles. The molecule has 4 heteroatoms. The minimum absolute atomic E-state index is 0.0920. The average Bonchev–Trinajstić information content (AvgIpc) is 2.73. The van der Waals surface area contributed by atoms with Crippen molar-refractivity contribution in [1.29, 1.82) is 0 Å². The first kappa shape index (κ1) is 10.6. The van der Waals surface area contributed by atoms with Crippen molar-refractivity contribution in [2.45, 2.75) is 32.4 Å². The molecule has 3 nitrogen and oxygen atoms in total. The summed E-state index contributed by atoms with van der Waals surface area (Å²) in [5, 5.41) is 2.10. The third kappa shape index (κ3) is 2.06. The number of thiophene rings is 1. The van der Waals surface area contributed by atoms with Crippen molar-refractivity contribution in [2.24, 2.45) is 5.73 Å². The minimum Gasteiger partial charge on any atom is -0.337 e. The molecule has 82 valence electrons. The summed E-state index contributed by atoms with van der Waals surface area (Å²) < 4.78 is 0. The van der Waals surface area contributed by atoms with Crippen molar-refractivity contribution in [1.82, 2.24) is 4.90 Å². The Bertz CT molecular complexity index is 361. The van der Waals surface area contributed by atoms with Gasteiger partial charge in [-0.3, -0.25) is 4.79 Å². The van der Waals surface area contributed by atoms with E-state index in [0.29, 0.717) is 6.42 Å². The van der Waals surface area contributed by atoms with Crippen LogP contribution >= 0.6 is 11.3 Å². The fraction of sp³-hybridized carbons (Fsp3) is 0.545. The van der Waals surface area contributed by atoms with E-state index in [0.717, 1.165) is 19.5 Å². The van der Waals surface area contributed by atoms with E-state index in [4.69, 9.17) is 5.73 Å². The van der Waals surface area contributed by atoms with Gasteiger partial charge in [-0.15, -0.1) is 11.3 Å². The van der Waals surface area contributed by atoms with Gasteiger partial charge < -0.3 is 10.6 Å². The second-order valence-electron chi connectivity index (χ2n) is 3.89. The van der Waals surface area contributed by atoms with Crippen molar-refractivity contribution < 1.29 is 4.79 Å². The van der Waals surface area contributed by atoms with Crippen LogP contribution in [0, 0.1) is 0 Å². The third-order valence-electron chi connectivity index (χ3n) is 2.88. The highest BCUT2D eigenvalue weighted by atomic mass is 32.1. The molecule has 0 saturated heterocycles. The van der Waals surface area contributed by atoms with Gasteiger partial charge in [0, 0.05) is 18.0 Å². The first-order chi connectivity index (χ1) is 7.22. The highest BCUT2D eigenvalue weighted by molar-refractivity contribution is 7.10. The number of rotatable bonds is 2. The topological polar surface area (TPSA) is 46.3 Å². The Hall–Kier alpha value is -0.870. The standard InChI is InChI=1S/C11H16N2OS/c1-2-9(12)11(14)13-5-3-10-8(7-13)4-6-15-10/h4,6,9H,2-3,5,7,12H2,1H3/t9-/m1/s1. The molecule has 2 heterocycles. The van der Waals surface area contributed by atoms with E-state index in [1.165, 1.54) is 10.4 Å². The lowest BCUT2D eigenvalue weighted by atomic mass is 10.1. The summed E-state index contributed by atoms with van der Waals surface area (Å²) in [6.07, 6.45) is 1.70. The minimum atomic E-state index is -0.329. The second kappa shape index (κ2) is 4.33. The number of hydrogen-bond donors (Lipinski definition) is 1. The average molecular weight is 224 g/mol. The SMILES string of the molecule is CC[C@@H](N)C(=O)N1CCc2sccc2C1.